The Morgan fingerprint density at radius 2 is 1.88 bits per heavy atom. The molecule has 0 amide bonds. The fraction of sp³-hybridized carbons (Fsp3) is 0.133. The van der Waals surface area contributed by atoms with Gasteiger partial charge < -0.3 is 0 Å². The Hall–Kier alpha value is -1.41. The van der Waals surface area contributed by atoms with Crippen molar-refractivity contribution >= 4 is 27.6 Å². The molecule has 0 saturated heterocycles. The molecule has 1 nitrogen and oxygen atoms in total. The number of nitrogens with zero attached hydrogens (tertiary/aromatic N) is 1. The fourth-order valence-corrected chi connectivity index (χ4v) is 2.71. The van der Waals surface area contributed by atoms with Crippen LogP contribution >= 0.6 is 15.9 Å². The van der Waals surface area contributed by atoms with Crippen LogP contribution in [0.4, 0.5) is 0 Å². The highest BCUT2D eigenvalue weighted by Crippen LogP contribution is 2.34. The van der Waals surface area contributed by atoms with Gasteiger partial charge in [-0.3, -0.25) is 4.98 Å². The van der Waals surface area contributed by atoms with Gasteiger partial charge in [-0.1, -0.05) is 28.1 Å². The van der Waals surface area contributed by atoms with Gasteiger partial charge in [0.25, 0.3) is 0 Å². The summed E-state index contributed by atoms with van der Waals surface area (Å²) >= 11 is 3.52. The van der Waals surface area contributed by atoms with Gasteiger partial charge >= 0.3 is 0 Å². The van der Waals surface area contributed by atoms with Gasteiger partial charge in [-0.15, -0.1) is 0 Å². The Balaban J connectivity index is 2.02. The van der Waals surface area contributed by atoms with E-state index in [1.54, 1.807) is 0 Å². The van der Waals surface area contributed by atoms with E-state index in [0.29, 0.717) is 0 Å². The third kappa shape index (κ3) is 2.18. The second-order valence-electron chi connectivity index (χ2n) is 4.25. The molecule has 1 aliphatic carbocycles. The maximum Gasteiger partial charge on any atom is 0.0273 e. The molecule has 2 aromatic rings. The molecule has 17 heavy (non-hydrogen) atoms. The van der Waals surface area contributed by atoms with E-state index < -0.39 is 0 Å². The molecular weight excluding hydrogens is 274 g/mol. The molecule has 1 heterocycles. The quantitative estimate of drug-likeness (QED) is 0.760. The summed E-state index contributed by atoms with van der Waals surface area (Å²) in [5.74, 6) is 0. The number of aryl methyl sites for hydroxylation is 1. The van der Waals surface area contributed by atoms with Crippen LogP contribution in [0.3, 0.4) is 0 Å². The van der Waals surface area contributed by atoms with Crippen molar-refractivity contribution in [2.75, 3.05) is 0 Å². The van der Waals surface area contributed by atoms with Gasteiger partial charge in [0.2, 0.25) is 0 Å². The average Bonchev–Trinajstić information content (AvgIpc) is 2.73. The first-order valence-electron chi connectivity index (χ1n) is 5.72. The molecule has 1 aromatic carbocycles. The van der Waals surface area contributed by atoms with E-state index in [0.717, 1.165) is 12.8 Å². The lowest BCUT2D eigenvalue weighted by atomic mass is 10.1. The predicted octanol–water partition coefficient (Wildman–Crippen LogP) is 4.33. The summed E-state index contributed by atoms with van der Waals surface area (Å²) in [6.07, 6.45) is 8.22. The molecule has 0 saturated carbocycles. The zero-order valence-electron chi connectivity index (χ0n) is 9.36. The van der Waals surface area contributed by atoms with Crippen LogP contribution in [0, 0.1) is 0 Å². The van der Waals surface area contributed by atoms with E-state index in [2.05, 4.69) is 45.2 Å². The van der Waals surface area contributed by atoms with Gasteiger partial charge in [0, 0.05) is 16.9 Å². The fourth-order valence-electron chi connectivity index (χ4n) is 2.30. The van der Waals surface area contributed by atoms with Crippen molar-refractivity contribution in [3.8, 4) is 0 Å². The van der Waals surface area contributed by atoms with Crippen molar-refractivity contribution in [1.29, 1.82) is 0 Å². The van der Waals surface area contributed by atoms with Crippen LogP contribution in [0.1, 0.15) is 23.1 Å². The number of aromatic nitrogens is 1. The number of hydrogen-bond donors (Lipinski definition) is 0. The van der Waals surface area contributed by atoms with Crippen LogP contribution in [0.5, 0.6) is 0 Å². The average molecular weight is 286 g/mol. The van der Waals surface area contributed by atoms with E-state index in [1.165, 1.54) is 26.7 Å². The van der Waals surface area contributed by atoms with E-state index >= 15 is 0 Å². The van der Waals surface area contributed by atoms with Crippen LogP contribution in [-0.4, -0.2) is 4.98 Å². The third-order valence-electron chi connectivity index (χ3n) is 3.12. The Kier molecular flexibility index (Phi) is 2.81. The number of hydrogen-bond acceptors (Lipinski definition) is 1. The number of benzene rings is 1. The molecule has 1 aliphatic rings. The summed E-state index contributed by atoms with van der Waals surface area (Å²) in [5, 5.41) is 0. The van der Waals surface area contributed by atoms with Crippen molar-refractivity contribution < 1.29 is 0 Å². The van der Waals surface area contributed by atoms with Gasteiger partial charge in [0.1, 0.15) is 0 Å². The molecule has 0 bridgehead atoms. The molecule has 1 aromatic heterocycles. The number of allylic oxidation sites excluding steroid dienone is 1. The minimum atomic E-state index is 1.13. The predicted molar refractivity (Wildman–Crippen MR) is 74.6 cm³/mol. The first-order chi connectivity index (χ1) is 8.33. The lowest BCUT2D eigenvalue weighted by Crippen LogP contribution is -1.81. The minimum absolute atomic E-state index is 1.13. The Bertz CT molecular complexity index is 573. The van der Waals surface area contributed by atoms with E-state index in [1.807, 2.05) is 24.5 Å². The van der Waals surface area contributed by atoms with Gasteiger partial charge in [0.05, 0.1) is 0 Å². The lowest BCUT2D eigenvalue weighted by molar-refractivity contribution is 1.08. The third-order valence-corrected chi connectivity index (χ3v) is 3.62. The second kappa shape index (κ2) is 4.46. The van der Waals surface area contributed by atoms with Crippen LogP contribution in [0.15, 0.2) is 47.2 Å². The van der Waals surface area contributed by atoms with Crippen molar-refractivity contribution in [2.24, 2.45) is 0 Å². The Labute approximate surface area is 109 Å². The molecule has 0 radical (unpaired) electrons. The first kappa shape index (κ1) is 10.7. The largest absolute Gasteiger partial charge is 0.265 e. The van der Waals surface area contributed by atoms with Crippen LogP contribution in [0.25, 0.3) is 11.6 Å². The zero-order chi connectivity index (χ0) is 11.7. The van der Waals surface area contributed by atoms with Gasteiger partial charge in [-0.25, -0.2) is 0 Å². The zero-order valence-corrected chi connectivity index (χ0v) is 10.9. The minimum Gasteiger partial charge on any atom is -0.265 e. The smallest absolute Gasteiger partial charge is 0.0273 e. The van der Waals surface area contributed by atoms with E-state index in [-0.39, 0.29) is 0 Å². The topological polar surface area (TPSA) is 12.9 Å². The number of halogens is 1. The number of fused-ring (bicyclic) bond motifs is 1. The first-order valence-corrected chi connectivity index (χ1v) is 6.51. The van der Waals surface area contributed by atoms with Crippen molar-refractivity contribution in [2.45, 2.75) is 12.8 Å². The van der Waals surface area contributed by atoms with Crippen molar-refractivity contribution in [1.82, 2.24) is 4.98 Å². The SMILES string of the molecule is Brc1ccc2c(c1)CC/C2=C\c1ccncc1. The molecule has 0 atom stereocenters. The molecule has 0 spiro atoms. The summed E-state index contributed by atoms with van der Waals surface area (Å²) < 4.78 is 1.17. The molecule has 0 unspecified atom stereocenters. The second-order valence-corrected chi connectivity index (χ2v) is 5.17. The number of pyridine rings is 1. The molecular formula is C15H12BrN. The Morgan fingerprint density at radius 3 is 2.71 bits per heavy atom. The summed E-state index contributed by atoms with van der Waals surface area (Å²) in [6.45, 7) is 0. The van der Waals surface area contributed by atoms with Gasteiger partial charge in [-0.05, 0) is 59.4 Å². The highest BCUT2D eigenvalue weighted by molar-refractivity contribution is 9.10. The van der Waals surface area contributed by atoms with E-state index in [4.69, 9.17) is 0 Å². The normalized spacial score (nSPS) is 16.2. The maximum atomic E-state index is 4.04. The molecule has 0 N–H and O–H groups in total. The van der Waals surface area contributed by atoms with Crippen LogP contribution in [0.2, 0.25) is 0 Å². The highest BCUT2D eigenvalue weighted by atomic mass is 79.9. The molecule has 0 fully saturated rings. The molecule has 0 aliphatic heterocycles. The van der Waals surface area contributed by atoms with Crippen molar-refractivity contribution in [3.05, 3.63) is 63.9 Å². The highest BCUT2D eigenvalue weighted by Gasteiger charge is 2.15. The van der Waals surface area contributed by atoms with Crippen LogP contribution in [-0.2, 0) is 6.42 Å². The molecule has 3 rings (SSSR count). The lowest BCUT2D eigenvalue weighted by Gasteiger charge is -2.02. The van der Waals surface area contributed by atoms with Gasteiger partial charge in [0.15, 0.2) is 0 Å². The maximum absolute atomic E-state index is 4.04. The van der Waals surface area contributed by atoms with Gasteiger partial charge in [-0.2, -0.15) is 0 Å². The number of rotatable bonds is 1. The van der Waals surface area contributed by atoms with Crippen molar-refractivity contribution in [3.63, 3.8) is 0 Å². The summed E-state index contributed by atoms with van der Waals surface area (Å²) in [6, 6.07) is 10.6. The summed E-state index contributed by atoms with van der Waals surface area (Å²) in [4.78, 5) is 4.04. The summed E-state index contributed by atoms with van der Waals surface area (Å²) in [7, 11) is 0. The monoisotopic (exact) mass is 285 g/mol. The van der Waals surface area contributed by atoms with E-state index in [9.17, 15) is 0 Å². The molecule has 2 heteroatoms. The summed E-state index contributed by atoms with van der Waals surface area (Å²) in [5.41, 5.74) is 5.49. The Morgan fingerprint density at radius 1 is 1.06 bits per heavy atom. The van der Waals surface area contributed by atoms with Crippen LogP contribution < -0.4 is 0 Å². The molecule has 84 valence electrons. The standard InChI is InChI=1S/C15H12BrN/c16-14-3-4-15-12(1-2-13(15)10-14)9-11-5-7-17-8-6-11/h3-10H,1-2H2/b12-9+.